The molecule has 0 unspecified atom stereocenters. The number of nitrogens with zero attached hydrogens (tertiary/aromatic N) is 2. The number of nitrogens with two attached hydrogens (primary N) is 1. The van der Waals surface area contributed by atoms with Gasteiger partial charge in [0.1, 0.15) is 11.5 Å². The van der Waals surface area contributed by atoms with Crippen molar-refractivity contribution in [3.8, 4) is 0 Å². The summed E-state index contributed by atoms with van der Waals surface area (Å²) < 4.78 is 32.0. The highest BCUT2D eigenvalue weighted by Gasteiger charge is 2.43. The Morgan fingerprint density at radius 3 is 2.68 bits per heavy atom. The number of carbonyl (C=O) groups excluding carboxylic acids is 2. The number of hydrogen-bond acceptors (Lipinski definition) is 5. The third-order valence-corrected chi connectivity index (χ3v) is 5.81. The molecule has 2 amide bonds. The van der Waals surface area contributed by atoms with Crippen molar-refractivity contribution >= 4 is 28.2 Å². The molecule has 0 radical (unpaired) electrons. The van der Waals surface area contributed by atoms with Crippen molar-refractivity contribution in [2.24, 2.45) is 5.73 Å². The van der Waals surface area contributed by atoms with Crippen LogP contribution in [0.4, 0.5) is 13.8 Å². The maximum absolute atomic E-state index is 12.5. The largest absolute Gasteiger partial charge is 0.365 e. The summed E-state index contributed by atoms with van der Waals surface area (Å²) >= 11 is 1.23. The van der Waals surface area contributed by atoms with Crippen molar-refractivity contribution in [1.29, 1.82) is 0 Å². The summed E-state index contributed by atoms with van der Waals surface area (Å²) in [6.45, 7) is 7.03. The fourth-order valence-electron chi connectivity index (χ4n) is 3.56. The van der Waals surface area contributed by atoms with Gasteiger partial charge in [0.05, 0.1) is 16.8 Å². The number of nitrogens with one attached hydrogen (secondary N) is 1. The Kier molecular flexibility index (Phi) is 5.05. The number of ether oxygens (including phenoxy) is 1. The van der Waals surface area contributed by atoms with Crippen LogP contribution in [-0.2, 0) is 23.3 Å². The molecule has 0 fully saturated rings. The zero-order valence-corrected chi connectivity index (χ0v) is 16.8. The molecule has 2 aromatic heterocycles. The van der Waals surface area contributed by atoms with Gasteiger partial charge in [0, 0.05) is 17.5 Å². The maximum atomic E-state index is 12.5. The molecular weight excluding hydrogens is 390 g/mol. The Hall–Kier alpha value is -2.33. The van der Waals surface area contributed by atoms with E-state index in [-0.39, 0.29) is 11.3 Å². The SMILES string of the molecule is CC1(C)Cc2c(sc(NC(=O)c3ccn(CC(F)F)n3)c2C(N)=O)C(C)(C)O1. The molecule has 1 aliphatic rings. The van der Waals surface area contributed by atoms with Crippen molar-refractivity contribution in [1.82, 2.24) is 9.78 Å². The van der Waals surface area contributed by atoms with Crippen molar-refractivity contribution in [2.45, 2.75) is 58.3 Å². The standard InChI is InChI=1S/C18H22F2N4O3S/c1-17(2)7-9-12(14(21)25)16(28-13(9)18(3,4)27-17)22-15(26)10-5-6-24(23-10)8-11(19)20/h5-6,11H,7-8H2,1-4H3,(H2,21,25)(H,22,26). The number of carbonyl (C=O) groups is 2. The van der Waals surface area contributed by atoms with Crippen LogP contribution < -0.4 is 11.1 Å². The van der Waals surface area contributed by atoms with Gasteiger partial charge in [0.25, 0.3) is 18.2 Å². The highest BCUT2D eigenvalue weighted by molar-refractivity contribution is 7.17. The second-order valence-corrected chi connectivity index (χ2v) is 8.82. The van der Waals surface area contributed by atoms with Gasteiger partial charge >= 0.3 is 0 Å². The number of anilines is 1. The quantitative estimate of drug-likeness (QED) is 0.788. The lowest BCUT2D eigenvalue weighted by Crippen LogP contribution is -2.42. The Bertz CT molecular complexity index is 933. The highest BCUT2D eigenvalue weighted by Crippen LogP contribution is 2.48. The Morgan fingerprint density at radius 1 is 1.39 bits per heavy atom. The van der Waals surface area contributed by atoms with Crippen molar-refractivity contribution in [3.05, 3.63) is 34.0 Å². The van der Waals surface area contributed by atoms with Crippen LogP contribution in [-0.4, -0.2) is 33.6 Å². The van der Waals surface area contributed by atoms with Gasteiger partial charge in [-0.05, 0) is 39.3 Å². The van der Waals surface area contributed by atoms with E-state index in [4.69, 9.17) is 10.5 Å². The maximum Gasteiger partial charge on any atom is 0.276 e. The number of fused-ring (bicyclic) bond motifs is 1. The molecule has 0 atom stereocenters. The zero-order valence-electron chi connectivity index (χ0n) is 16.0. The molecule has 152 valence electrons. The number of alkyl halides is 2. The van der Waals surface area contributed by atoms with Crippen molar-refractivity contribution in [2.75, 3.05) is 5.32 Å². The number of thiophene rings is 1. The van der Waals surface area contributed by atoms with E-state index in [1.54, 1.807) is 0 Å². The summed E-state index contributed by atoms with van der Waals surface area (Å²) in [6, 6.07) is 1.34. The predicted octanol–water partition coefficient (Wildman–Crippen LogP) is 3.15. The molecule has 0 bridgehead atoms. The zero-order chi connectivity index (χ0) is 20.9. The molecule has 7 nitrogen and oxygen atoms in total. The molecular formula is C18H22F2N4O3S. The summed E-state index contributed by atoms with van der Waals surface area (Å²) in [7, 11) is 0. The minimum absolute atomic E-state index is 0.0294. The van der Waals surface area contributed by atoms with E-state index < -0.39 is 36.0 Å². The molecule has 1 aliphatic heterocycles. The predicted molar refractivity (Wildman–Crippen MR) is 101 cm³/mol. The molecule has 0 aromatic carbocycles. The molecule has 0 saturated carbocycles. The monoisotopic (exact) mass is 412 g/mol. The second kappa shape index (κ2) is 6.93. The van der Waals surface area contributed by atoms with Crippen LogP contribution in [0.15, 0.2) is 12.3 Å². The topological polar surface area (TPSA) is 99.2 Å². The lowest BCUT2D eigenvalue weighted by molar-refractivity contribution is -0.135. The fraction of sp³-hybridized carbons (Fsp3) is 0.500. The number of aromatic nitrogens is 2. The number of halogens is 2. The first kappa shape index (κ1) is 20.4. The Balaban J connectivity index is 1.95. The van der Waals surface area contributed by atoms with Gasteiger partial charge in [-0.1, -0.05) is 0 Å². The van der Waals surface area contributed by atoms with Crippen LogP contribution in [0.25, 0.3) is 0 Å². The number of primary amides is 1. The van der Waals surface area contributed by atoms with E-state index in [2.05, 4.69) is 10.4 Å². The number of hydrogen-bond donors (Lipinski definition) is 2. The van der Waals surface area contributed by atoms with E-state index in [0.717, 1.165) is 15.1 Å². The lowest BCUT2D eigenvalue weighted by Gasteiger charge is -2.41. The van der Waals surface area contributed by atoms with Crippen LogP contribution in [0.2, 0.25) is 0 Å². The molecule has 28 heavy (non-hydrogen) atoms. The minimum Gasteiger partial charge on any atom is -0.365 e. The van der Waals surface area contributed by atoms with Crippen molar-refractivity contribution in [3.63, 3.8) is 0 Å². The first-order valence-electron chi connectivity index (χ1n) is 8.69. The van der Waals surface area contributed by atoms with Gasteiger partial charge in [-0.3, -0.25) is 14.3 Å². The van der Waals surface area contributed by atoms with E-state index in [1.807, 2.05) is 27.7 Å². The molecule has 3 rings (SSSR count). The third kappa shape index (κ3) is 3.93. The van der Waals surface area contributed by atoms with Crippen LogP contribution in [0, 0.1) is 0 Å². The average Bonchev–Trinajstić information content (AvgIpc) is 3.09. The van der Waals surface area contributed by atoms with E-state index in [1.165, 1.54) is 23.6 Å². The molecule has 0 spiro atoms. The van der Waals surface area contributed by atoms with Gasteiger partial charge in [-0.15, -0.1) is 11.3 Å². The second-order valence-electron chi connectivity index (χ2n) is 7.80. The Labute approximate surface area is 164 Å². The van der Waals surface area contributed by atoms with Crippen LogP contribution in [0.1, 0.15) is 59.0 Å². The van der Waals surface area contributed by atoms with Gasteiger partial charge in [-0.2, -0.15) is 5.10 Å². The molecule has 0 saturated heterocycles. The van der Waals surface area contributed by atoms with Gasteiger partial charge in [-0.25, -0.2) is 8.78 Å². The summed E-state index contributed by atoms with van der Waals surface area (Å²) in [5, 5.41) is 6.81. The molecule has 2 aromatic rings. The van der Waals surface area contributed by atoms with E-state index in [0.29, 0.717) is 11.4 Å². The van der Waals surface area contributed by atoms with E-state index >= 15 is 0 Å². The minimum atomic E-state index is -2.58. The van der Waals surface area contributed by atoms with Gasteiger partial charge < -0.3 is 15.8 Å². The normalized spacial score (nSPS) is 17.4. The van der Waals surface area contributed by atoms with Crippen LogP contribution in [0.3, 0.4) is 0 Å². The van der Waals surface area contributed by atoms with Crippen LogP contribution in [0.5, 0.6) is 0 Å². The Morgan fingerprint density at radius 2 is 2.07 bits per heavy atom. The average molecular weight is 412 g/mol. The summed E-state index contributed by atoms with van der Waals surface area (Å²) in [5.74, 6) is -1.25. The first-order chi connectivity index (χ1) is 12.9. The molecule has 3 heterocycles. The fourth-order valence-corrected chi connectivity index (χ4v) is 4.82. The summed E-state index contributed by atoms with van der Waals surface area (Å²) in [4.78, 5) is 25.5. The third-order valence-electron chi connectivity index (χ3n) is 4.36. The van der Waals surface area contributed by atoms with Gasteiger partial charge in [0.15, 0.2) is 5.69 Å². The van der Waals surface area contributed by atoms with E-state index in [9.17, 15) is 18.4 Å². The summed E-state index contributed by atoms with van der Waals surface area (Å²) in [5.41, 5.74) is 5.43. The highest BCUT2D eigenvalue weighted by atomic mass is 32.1. The lowest BCUT2D eigenvalue weighted by atomic mass is 9.86. The van der Waals surface area contributed by atoms with Gasteiger partial charge in [0.2, 0.25) is 0 Å². The van der Waals surface area contributed by atoms with Crippen LogP contribution >= 0.6 is 11.3 Å². The molecule has 3 N–H and O–H groups in total. The summed E-state index contributed by atoms with van der Waals surface area (Å²) in [6.07, 6.45) is -0.805. The van der Waals surface area contributed by atoms with Crippen molar-refractivity contribution < 1.29 is 23.1 Å². The number of amides is 2. The molecule has 0 aliphatic carbocycles. The first-order valence-corrected chi connectivity index (χ1v) is 9.50. The molecule has 10 heteroatoms. The number of rotatable bonds is 5. The smallest absolute Gasteiger partial charge is 0.276 e.